The van der Waals surface area contributed by atoms with Crippen molar-refractivity contribution in [2.75, 3.05) is 17.6 Å². The second-order valence-corrected chi connectivity index (χ2v) is 12.6. The van der Waals surface area contributed by atoms with E-state index in [1.165, 1.54) is 4.90 Å². The number of nitrogen functional groups attached to an aromatic ring is 2. The first-order chi connectivity index (χ1) is 23.8. The molecule has 0 saturated carbocycles. The van der Waals surface area contributed by atoms with Crippen molar-refractivity contribution >= 4 is 58.9 Å². The van der Waals surface area contributed by atoms with Gasteiger partial charge in [-0.15, -0.1) is 0 Å². The van der Waals surface area contributed by atoms with Gasteiger partial charge in [0.25, 0.3) is 5.97 Å². The molecule has 2 rings (SSSR count). The number of nitrogens with two attached hydrogens (primary N) is 2. The van der Waals surface area contributed by atoms with Gasteiger partial charge in [0.05, 0.1) is 11.5 Å². The van der Waals surface area contributed by atoms with Crippen molar-refractivity contribution in [2.24, 2.45) is 16.1 Å². The van der Waals surface area contributed by atoms with Crippen LogP contribution in [0.15, 0.2) is 53.7 Å². The van der Waals surface area contributed by atoms with Crippen molar-refractivity contribution in [3.63, 3.8) is 0 Å². The predicted octanol–water partition coefficient (Wildman–Crippen LogP) is 4.14. The van der Waals surface area contributed by atoms with E-state index in [1.54, 1.807) is 55.6 Å². The van der Waals surface area contributed by atoms with Crippen LogP contribution in [0.2, 0.25) is 0 Å². The Morgan fingerprint density at radius 3 is 1.96 bits per heavy atom. The van der Waals surface area contributed by atoms with Crippen molar-refractivity contribution in [1.82, 2.24) is 15.5 Å². The van der Waals surface area contributed by atoms with Crippen LogP contribution in [0.1, 0.15) is 71.6 Å². The number of hydrogen-bond acceptors (Lipinski definition) is 8. The lowest BCUT2D eigenvalue weighted by atomic mass is 9.92. The first-order valence-corrected chi connectivity index (χ1v) is 15.5. The third-order valence-corrected chi connectivity index (χ3v) is 5.84. The minimum absolute atomic E-state index is 0.0395. The second kappa shape index (κ2) is 21.3. The van der Waals surface area contributed by atoms with Crippen molar-refractivity contribution in [2.45, 2.75) is 73.6 Å². The molecule has 0 spiro atoms. The molecule has 10 N–H and O–H groups in total. The number of carbonyl (C=O) groups is 5. The summed E-state index contributed by atoms with van der Waals surface area (Å²) in [4.78, 5) is 61.3. The van der Waals surface area contributed by atoms with Gasteiger partial charge in [-0.1, -0.05) is 45.0 Å². The summed E-state index contributed by atoms with van der Waals surface area (Å²) in [5.74, 6) is -3.58. The van der Waals surface area contributed by atoms with Gasteiger partial charge in [0.15, 0.2) is 0 Å². The van der Waals surface area contributed by atoms with Gasteiger partial charge < -0.3 is 42.5 Å². The molecule has 0 aromatic heterocycles. The molecule has 15 nitrogen and oxygen atoms in total. The third kappa shape index (κ3) is 20.5. The molecule has 0 atom stereocenters. The van der Waals surface area contributed by atoms with Gasteiger partial charge >= 0.3 is 12.1 Å². The average Bonchev–Trinajstić information content (AvgIpc) is 2.97. The summed E-state index contributed by atoms with van der Waals surface area (Å²) >= 11 is 0. The smallest absolute Gasteiger partial charge is 0.481 e. The Hall–Kier alpha value is -5.94. The normalized spacial score (nSPS) is 11.5. The number of hydrogen-bond donors (Lipinski definition) is 8. The van der Waals surface area contributed by atoms with Crippen LogP contribution >= 0.6 is 0 Å². The zero-order valence-corrected chi connectivity index (χ0v) is 30.0. The minimum atomic E-state index is -5.08. The first kappa shape index (κ1) is 46.1. The van der Waals surface area contributed by atoms with E-state index in [0.717, 1.165) is 12.5 Å². The molecule has 2 aromatic carbocycles. The van der Waals surface area contributed by atoms with Crippen molar-refractivity contribution in [3.8, 4) is 0 Å². The third-order valence-electron chi connectivity index (χ3n) is 5.84. The summed E-state index contributed by atoms with van der Waals surface area (Å²) in [5, 5.41) is 30.8. The fourth-order valence-corrected chi connectivity index (χ4v) is 3.88. The van der Waals surface area contributed by atoms with E-state index in [-0.39, 0.29) is 36.3 Å². The zero-order chi connectivity index (χ0) is 40.4. The Kier molecular flexibility index (Phi) is 18.9. The number of amides is 3. The highest BCUT2D eigenvalue weighted by molar-refractivity contribution is 5.95. The molecule has 0 fully saturated rings. The number of nitrogens with zero attached hydrogens (tertiary/aromatic N) is 2. The fourth-order valence-electron chi connectivity index (χ4n) is 3.88. The minimum Gasteiger partial charge on any atom is -0.481 e. The Balaban J connectivity index is 0.00000205. The molecular formula is C34H47F3N8O7. The molecule has 0 aliphatic heterocycles. The number of alkyl halides is 3. The second-order valence-electron chi connectivity index (χ2n) is 12.6. The number of carboxylic acids is 2. The van der Waals surface area contributed by atoms with Crippen LogP contribution in [-0.2, 0) is 30.5 Å². The summed E-state index contributed by atoms with van der Waals surface area (Å²) in [6.45, 7) is 12.6. The maximum absolute atomic E-state index is 12.9. The maximum atomic E-state index is 12.9. The monoisotopic (exact) mass is 736 g/mol. The lowest BCUT2D eigenvalue weighted by Gasteiger charge is -2.23. The number of benzene rings is 2. The fraction of sp³-hybridized carbons (Fsp3) is 0.382. The van der Waals surface area contributed by atoms with E-state index in [4.69, 9.17) is 36.7 Å². The van der Waals surface area contributed by atoms with Crippen molar-refractivity contribution < 1.29 is 47.4 Å². The Morgan fingerprint density at radius 2 is 1.52 bits per heavy atom. The molecule has 0 aliphatic carbocycles. The number of aliphatic carboxylic acids is 2. The summed E-state index contributed by atoms with van der Waals surface area (Å²) in [6, 6.07) is 12.0. The summed E-state index contributed by atoms with van der Waals surface area (Å²) < 4.78 is 31.7. The van der Waals surface area contributed by atoms with Gasteiger partial charge in [0.2, 0.25) is 18.2 Å². The van der Waals surface area contributed by atoms with Gasteiger partial charge in [-0.3, -0.25) is 29.6 Å². The number of amidine groups is 2. The van der Waals surface area contributed by atoms with Gasteiger partial charge in [-0.05, 0) is 49.9 Å². The molecule has 0 unspecified atom stereocenters. The van der Waals surface area contributed by atoms with Gasteiger partial charge in [0, 0.05) is 54.6 Å². The SMILES string of the molecule is CC(=NC(C)C)N/C=C(/c1cc(N)cc(NC(=O)CC(C)(C)C)c1)N(C=O)CC(=O)NCc1ccc(C(=N)N)cc1.CC(=O)O.O=C(O)C(F)(F)F. The van der Waals surface area contributed by atoms with E-state index in [1.807, 2.05) is 34.6 Å². The predicted molar refractivity (Wildman–Crippen MR) is 192 cm³/mol. The molecule has 3 amide bonds. The molecule has 0 heterocycles. The Morgan fingerprint density at radius 1 is 0.981 bits per heavy atom. The largest absolute Gasteiger partial charge is 0.490 e. The van der Waals surface area contributed by atoms with E-state index >= 15 is 0 Å². The summed E-state index contributed by atoms with van der Waals surface area (Å²) in [5.41, 5.74) is 14.6. The topological polar surface area (TPSA) is 253 Å². The molecule has 0 aliphatic rings. The quantitative estimate of drug-likeness (QED) is 0.0669. The average molecular weight is 737 g/mol. The van der Waals surface area contributed by atoms with Crippen molar-refractivity contribution in [1.29, 1.82) is 5.41 Å². The van der Waals surface area contributed by atoms with Crippen LogP contribution in [0.3, 0.4) is 0 Å². The molecule has 18 heteroatoms. The zero-order valence-electron chi connectivity index (χ0n) is 30.0. The van der Waals surface area contributed by atoms with Gasteiger partial charge in [-0.2, -0.15) is 13.2 Å². The van der Waals surface area contributed by atoms with E-state index in [2.05, 4.69) is 20.9 Å². The number of halogens is 3. The molecular weight excluding hydrogens is 689 g/mol. The molecule has 52 heavy (non-hydrogen) atoms. The van der Waals surface area contributed by atoms with Crippen LogP contribution in [0.25, 0.3) is 5.70 Å². The highest BCUT2D eigenvalue weighted by Crippen LogP contribution is 2.26. The molecule has 0 radical (unpaired) electrons. The Labute approximate surface area is 299 Å². The highest BCUT2D eigenvalue weighted by Gasteiger charge is 2.38. The van der Waals surface area contributed by atoms with Gasteiger partial charge in [0.1, 0.15) is 12.4 Å². The van der Waals surface area contributed by atoms with E-state index in [9.17, 15) is 27.6 Å². The number of carboxylic acid groups (broad SMARTS) is 2. The lowest BCUT2D eigenvalue weighted by molar-refractivity contribution is -0.192. The van der Waals surface area contributed by atoms with Crippen molar-refractivity contribution in [3.05, 3.63) is 65.4 Å². The number of aliphatic imine (C=N–C) groups is 1. The first-order valence-electron chi connectivity index (χ1n) is 15.5. The number of anilines is 2. The number of nitrogens with one attached hydrogen (secondary N) is 4. The number of carbonyl (C=O) groups excluding carboxylic acids is 3. The van der Waals surface area contributed by atoms with Crippen LogP contribution < -0.4 is 27.4 Å². The molecule has 286 valence electrons. The molecule has 0 bridgehead atoms. The standard InChI is InChI=1S/C30H42N8O3.C2HF3O2.C2H4O2/c1-19(2)36-20(3)34-16-26(23-11-24(31)13-25(12-23)37-27(40)14-30(4,5)6)38(18-39)17-28(41)35-15-21-7-9-22(10-8-21)29(32)33;3-2(4,5)1(6)7;1-2(3)4/h7-13,16,18-19H,14-15,17,31H2,1-6H3,(H3,32,33)(H,34,36)(H,35,41)(H,37,40);(H,6,7);1H3,(H,3,4)/b26-16-;;. The highest BCUT2D eigenvalue weighted by atomic mass is 19.4. The molecule has 0 saturated heterocycles. The van der Waals surface area contributed by atoms with Crippen LogP contribution in [-0.4, -0.2) is 75.7 Å². The van der Waals surface area contributed by atoms with Gasteiger partial charge in [-0.25, -0.2) is 4.79 Å². The van der Waals surface area contributed by atoms with E-state index < -0.39 is 24.0 Å². The lowest BCUT2D eigenvalue weighted by Crippen LogP contribution is -2.36. The van der Waals surface area contributed by atoms with Crippen LogP contribution in [0.5, 0.6) is 0 Å². The number of rotatable bonds is 12. The Bertz CT molecular complexity index is 1610. The van der Waals surface area contributed by atoms with Crippen LogP contribution in [0.4, 0.5) is 24.5 Å². The van der Waals surface area contributed by atoms with E-state index in [0.29, 0.717) is 46.9 Å². The molecule has 2 aromatic rings. The summed E-state index contributed by atoms with van der Waals surface area (Å²) in [6.07, 6.45) is -2.63. The van der Waals surface area contributed by atoms with Crippen LogP contribution in [0, 0.1) is 10.8 Å². The summed E-state index contributed by atoms with van der Waals surface area (Å²) in [7, 11) is 0. The maximum Gasteiger partial charge on any atom is 0.490 e.